The molecule has 0 N–H and O–H groups in total. The Morgan fingerprint density at radius 2 is 1.55 bits per heavy atom. The van der Waals surface area contributed by atoms with Crippen LogP contribution in [0.5, 0.6) is 0 Å². The Labute approximate surface area is 179 Å². The van der Waals surface area contributed by atoms with Crippen LogP contribution in [0.15, 0.2) is 54.7 Å². The fourth-order valence-electron chi connectivity index (χ4n) is 4.30. The van der Waals surface area contributed by atoms with E-state index < -0.39 is 0 Å². The van der Waals surface area contributed by atoms with Crippen LogP contribution >= 0.6 is 0 Å². The average molecular weight is 413 g/mol. The Kier molecular flexibility index (Phi) is 4.66. The van der Waals surface area contributed by atoms with Gasteiger partial charge < -0.3 is 9.80 Å². The lowest BCUT2D eigenvalue weighted by Gasteiger charge is -2.35. The lowest BCUT2D eigenvalue weighted by molar-refractivity contribution is 0.0536. The number of carbonyl (C=O) groups excluding carboxylic acids is 2. The molecule has 1 aliphatic rings. The third-order valence-corrected chi connectivity index (χ3v) is 5.98. The standard InChI is InChI=1S/C24H23N5O2/c1-16-21-14-18(15-25-22(21)27(2)26-16)23(30)28-10-12-29(13-11-28)24(31)20-9-5-7-17-6-3-4-8-19(17)20/h3-9,14-15H,10-13H2,1-2H3. The van der Waals surface area contributed by atoms with Gasteiger partial charge in [-0.3, -0.25) is 14.3 Å². The predicted octanol–water partition coefficient (Wildman–Crippen LogP) is 3.03. The fourth-order valence-corrected chi connectivity index (χ4v) is 4.30. The topological polar surface area (TPSA) is 71.3 Å². The van der Waals surface area contributed by atoms with Gasteiger partial charge in [0.15, 0.2) is 5.65 Å². The highest BCUT2D eigenvalue weighted by Gasteiger charge is 2.26. The minimum absolute atomic E-state index is 0.0120. The Morgan fingerprint density at radius 3 is 2.32 bits per heavy atom. The Hall–Kier alpha value is -3.74. The third-order valence-electron chi connectivity index (χ3n) is 5.98. The number of rotatable bonds is 2. The molecule has 1 fully saturated rings. The number of hydrogen-bond donors (Lipinski definition) is 0. The SMILES string of the molecule is Cc1nn(C)c2ncc(C(=O)N3CCN(C(=O)c4cccc5ccccc45)CC3)cc12. The number of hydrogen-bond acceptors (Lipinski definition) is 4. The van der Waals surface area contributed by atoms with Crippen molar-refractivity contribution in [3.8, 4) is 0 Å². The lowest BCUT2D eigenvalue weighted by Crippen LogP contribution is -2.50. The van der Waals surface area contributed by atoms with E-state index in [-0.39, 0.29) is 11.8 Å². The van der Waals surface area contributed by atoms with E-state index in [1.54, 1.807) is 15.8 Å². The Bertz CT molecular complexity index is 1310. The molecule has 0 saturated carbocycles. The number of nitrogens with zero attached hydrogens (tertiary/aromatic N) is 5. The molecular weight excluding hydrogens is 390 g/mol. The largest absolute Gasteiger partial charge is 0.335 e. The first kappa shape index (κ1) is 19.2. The first-order valence-corrected chi connectivity index (χ1v) is 10.4. The molecule has 1 saturated heterocycles. The average Bonchev–Trinajstić information content (AvgIpc) is 3.10. The summed E-state index contributed by atoms with van der Waals surface area (Å²) >= 11 is 0. The first-order valence-electron chi connectivity index (χ1n) is 10.4. The van der Waals surface area contributed by atoms with Crippen molar-refractivity contribution < 1.29 is 9.59 Å². The van der Waals surface area contributed by atoms with Gasteiger partial charge in [-0.2, -0.15) is 5.10 Å². The smallest absolute Gasteiger partial charge is 0.255 e. The zero-order chi connectivity index (χ0) is 21.5. The van der Waals surface area contributed by atoms with E-state index in [2.05, 4.69) is 10.1 Å². The molecule has 31 heavy (non-hydrogen) atoms. The van der Waals surface area contributed by atoms with Gasteiger partial charge in [0.2, 0.25) is 0 Å². The van der Waals surface area contributed by atoms with Crippen molar-refractivity contribution in [1.82, 2.24) is 24.6 Å². The third kappa shape index (κ3) is 3.32. The first-order chi connectivity index (χ1) is 15.0. The number of fused-ring (bicyclic) bond motifs is 2. The van der Waals surface area contributed by atoms with E-state index in [9.17, 15) is 9.59 Å². The monoisotopic (exact) mass is 413 g/mol. The van der Waals surface area contributed by atoms with Gasteiger partial charge in [-0.25, -0.2) is 4.98 Å². The van der Waals surface area contributed by atoms with Crippen molar-refractivity contribution in [2.24, 2.45) is 7.05 Å². The second kappa shape index (κ2) is 7.50. The van der Waals surface area contributed by atoms with Crippen LogP contribution in [0.3, 0.4) is 0 Å². The van der Waals surface area contributed by atoms with Crippen molar-refractivity contribution in [1.29, 1.82) is 0 Å². The molecule has 7 heteroatoms. The summed E-state index contributed by atoms with van der Waals surface area (Å²) in [6, 6.07) is 15.6. The van der Waals surface area contributed by atoms with Crippen molar-refractivity contribution in [2.75, 3.05) is 26.2 Å². The molecule has 156 valence electrons. The molecule has 0 radical (unpaired) electrons. The van der Waals surface area contributed by atoms with Crippen LogP contribution in [0.25, 0.3) is 21.8 Å². The predicted molar refractivity (Wildman–Crippen MR) is 119 cm³/mol. The molecule has 0 spiro atoms. The highest BCUT2D eigenvalue weighted by Crippen LogP contribution is 2.22. The molecule has 2 amide bonds. The van der Waals surface area contributed by atoms with E-state index >= 15 is 0 Å². The summed E-state index contributed by atoms with van der Waals surface area (Å²) in [5, 5.41) is 7.26. The molecule has 7 nitrogen and oxygen atoms in total. The number of benzene rings is 2. The van der Waals surface area contributed by atoms with Crippen molar-refractivity contribution in [3.63, 3.8) is 0 Å². The van der Waals surface area contributed by atoms with E-state index in [0.29, 0.717) is 37.3 Å². The van der Waals surface area contributed by atoms with Gasteiger partial charge in [-0.15, -0.1) is 0 Å². The van der Waals surface area contributed by atoms with E-state index in [1.807, 2.05) is 67.4 Å². The van der Waals surface area contributed by atoms with Gasteiger partial charge in [-0.05, 0) is 29.8 Å². The highest BCUT2D eigenvalue weighted by atomic mass is 16.2. The summed E-state index contributed by atoms with van der Waals surface area (Å²) in [5.74, 6) is -0.0483. The number of carbonyl (C=O) groups is 2. The van der Waals surface area contributed by atoms with E-state index in [4.69, 9.17) is 0 Å². The Balaban J connectivity index is 1.31. The number of aryl methyl sites for hydroxylation is 2. The zero-order valence-corrected chi connectivity index (χ0v) is 17.6. The molecule has 4 aromatic rings. The van der Waals surface area contributed by atoms with Gasteiger partial charge in [0.05, 0.1) is 11.3 Å². The fraction of sp³-hybridized carbons (Fsp3) is 0.250. The molecule has 0 aliphatic carbocycles. The lowest BCUT2D eigenvalue weighted by atomic mass is 10.0. The number of piperazine rings is 1. The summed E-state index contributed by atoms with van der Waals surface area (Å²) in [6.07, 6.45) is 1.61. The van der Waals surface area contributed by atoms with Gasteiger partial charge in [0.1, 0.15) is 0 Å². The minimum Gasteiger partial charge on any atom is -0.335 e. The number of pyridine rings is 1. The van der Waals surface area contributed by atoms with Crippen LogP contribution in [-0.2, 0) is 7.05 Å². The maximum Gasteiger partial charge on any atom is 0.255 e. The van der Waals surface area contributed by atoms with Crippen LogP contribution < -0.4 is 0 Å². The van der Waals surface area contributed by atoms with Gasteiger partial charge >= 0.3 is 0 Å². The molecule has 2 aromatic carbocycles. The quantitative estimate of drug-likeness (QED) is 0.506. The molecule has 2 aromatic heterocycles. The Morgan fingerprint density at radius 1 is 0.871 bits per heavy atom. The molecular formula is C24H23N5O2. The van der Waals surface area contributed by atoms with Crippen molar-refractivity contribution in [2.45, 2.75) is 6.92 Å². The minimum atomic E-state index is -0.0603. The van der Waals surface area contributed by atoms with Gasteiger partial charge in [-0.1, -0.05) is 36.4 Å². The summed E-state index contributed by atoms with van der Waals surface area (Å²) < 4.78 is 1.72. The number of aromatic nitrogens is 3. The van der Waals surface area contributed by atoms with Crippen LogP contribution in [0, 0.1) is 6.92 Å². The van der Waals surface area contributed by atoms with Crippen molar-refractivity contribution in [3.05, 3.63) is 71.5 Å². The molecule has 5 rings (SSSR count). The molecule has 3 heterocycles. The molecule has 1 aliphatic heterocycles. The van der Waals surface area contributed by atoms with Crippen LogP contribution in [-0.4, -0.2) is 62.6 Å². The number of amides is 2. The van der Waals surface area contributed by atoms with Crippen LogP contribution in [0.4, 0.5) is 0 Å². The van der Waals surface area contributed by atoms with Crippen LogP contribution in [0.2, 0.25) is 0 Å². The highest BCUT2D eigenvalue weighted by molar-refractivity contribution is 6.07. The second-order valence-corrected chi connectivity index (χ2v) is 7.92. The summed E-state index contributed by atoms with van der Waals surface area (Å²) in [4.78, 5) is 34.2. The zero-order valence-electron chi connectivity index (χ0n) is 17.6. The van der Waals surface area contributed by atoms with Gasteiger partial charge in [0.25, 0.3) is 11.8 Å². The molecule has 0 unspecified atom stereocenters. The van der Waals surface area contributed by atoms with E-state index in [0.717, 1.165) is 27.5 Å². The summed E-state index contributed by atoms with van der Waals surface area (Å²) in [7, 11) is 1.84. The summed E-state index contributed by atoms with van der Waals surface area (Å²) in [5.41, 5.74) is 2.88. The van der Waals surface area contributed by atoms with Crippen molar-refractivity contribution >= 4 is 33.6 Å². The summed E-state index contributed by atoms with van der Waals surface area (Å²) in [6.45, 7) is 3.93. The molecule has 0 atom stereocenters. The van der Waals surface area contributed by atoms with Crippen LogP contribution in [0.1, 0.15) is 26.4 Å². The maximum atomic E-state index is 13.1. The van der Waals surface area contributed by atoms with E-state index in [1.165, 1.54) is 0 Å². The second-order valence-electron chi connectivity index (χ2n) is 7.92. The normalized spacial score (nSPS) is 14.4. The molecule has 0 bridgehead atoms. The maximum absolute atomic E-state index is 13.1. The van der Waals surface area contributed by atoms with Gasteiger partial charge in [0, 0.05) is 50.4 Å².